The van der Waals surface area contributed by atoms with E-state index in [-0.39, 0.29) is 5.75 Å². The highest BCUT2D eigenvalue weighted by atomic mass is 16.5. The van der Waals surface area contributed by atoms with Gasteiger partial charge in [0.25, 0.3) is 0 Å². The van der Waals surface area contributed by atoms with Crippen LogP contribution in [0, 0.1) is 0 Å². The van der Waals surface area contributed by atoms with E-state index >= 15 is 0 Å². The Hall–Kier alpha value is -1.71. The van der Waals surface area contributed by atoms with Crippen LogP contribution >= 0.6 is 0 Å². The summed E-state index contributed by atoms with van der Waals surface area (Å²) in [6, 6.07) is 3.44. The van der Waals surface area contributed by atoms with Gasteiger partial charge in [0.15, 0.2) is 11.5 Å². The monoisotopic (exact) mass is 221 g/mol. The molecule has 0 atom stereocenters. The molecule has 4 nitrogen and oxygen atoms in total. The minimum absolute atomic E-state index is 0.0873. The fourth-order valence-corrected chi connectivity index (χ4v) is 2.10. The molecule has 86 valence electrons. The second-order valence-corrected chi connectivity index (χ2v) is 3.94. The van der Waals surface area contributed by atoms with Gasteiger partial charge in [-0.3, -0.25) is 0 Å². The summed E-state index contributed by atoms with van der Waals surface area (Å²) in [7, 11) is 1.53. The highest BCUT2D eigenvalue weighted by Crippen LogP contribution is 2.32. The third-order valence-electron chi connectivity index (χ3n) is 2.95. The van der Waals surface area contributed by atoms with E-state index in [1.165, 1.54) is 7.11 Å². The van der Waals surface area contributed by atoms with E-state index in [2.05, 4.69) is 5.16 Å². The number of benzene rings is 1. The minimum atomic E-state index is 0.0873. The fourth-order valence-electron chi connectivity index (χ4n) is 2.10. The summed E-state index contributed by atoms with van der Waals surface area (Å²) in [5.74, 6) is 0.558. The summed E-state index contributed by atoms with van der Waals surface area (Å²) in [5.41, 5.74) is 2.55. The molecular weight excluding hydrogens is 206 g/mol. The van der Waals surface area contributed by atoms with Crippen molar-refractivity contribution in [2.75, 3.05) is 7.11 Å². The topological polar surface area (TPSA) is 62.0 Å². The number of hydrogen-bond donors (Lipinski definition) is 2. The van der Waals surface area contributed by atoms with Gasteiger partial charge >= 0.3 is 0 Å². The Bertz CT molecular complexity index is 427. The highest BCUT2D eigenvalue weighted by molar-refractivity contribution is 6.02. The number of oxime groups is 1. The molecule has 0 fully saturated rings. The Balaban J connectivity index is 2.54. The van der Waals surface area contributed by atoms with Crippen molar-refractivity contribution in [3.8, 4) is 11.5 Å². The lowest BCUT2D eigenvalue weighted by Crippen LogP contribution is -2.02. The van der Waals surface area contributed by atoms with Crippen molar-refractivity contribution in [3.05, 3.63) is 23.3 Å². The normalized spacial score (nSPS) is 17.9. The molecule has 0 amide bonds. The largest absolute Gasteiger partial charge is 0.504 e. The van der Waals surface area contributed by atoms with E-state index < -0.39 is 0 Å². The first-order chi connectivity index (χ1) is 7.76. The maximum Gasteiger partial charge on any atom is 0.160 e. The molecule has 4 heteroatoms. The average Bonchev–Trinajstić information content (AvgIpc) is 2.49. The minimum Gasteiger partial charge on any atom is -0.504 e. The van der Waals surface area contributed by atoms with Gasteiger partial charge < -0.3 is 15.1 Å². The van der Waals surface area contributed by atoms with Crippen molar-refractivity contribution < 1.29 is 15.1 Å². The fraction of sp³-hybridized carbons (Fsp3) is 0.417. The van der Waals surface area contributed by atoms with Crippen molar-refractivity contribution in [2.45, 2.75) is 25.7 Å². The molecule has 0 unspecified atom stereocenters. The van der Waals surface area contributed by atoms with Crippen molar-refractivity contribution in [2.24, 2.45) is 5.16 Å². The van der Waals surface area contributed by atoms with Gasteiger partial charge in [-0.2, -0.15) is 0 Å². The van der Waals surface area contributed by atoms with Crippen LogP contribution in [-0.2, 0) is 6.42 Å². The van der Waals surface area contributed by atoms with E-state index in [0.29, 0.717) is 11.5 Å². The van der Waals surface area contributed by atoms with E-state index in [1.807, 2.05) is 6.07 Å². The highest BCUT2D eigenvalue weighted by Gasteiger charge is 2.17. The van der Waals surface area contributed by atoms with E-state index in [4.69, 9.17) is 9.94 Å². The third kappa shape index (κ3) is 1.83. The second-order valence-electron chi connectivity index (χ2n) is 3.94. The van der Waals surface area contributed by atoms with Crippen LogP contribution in [0.1, 0.15) is 30.4 Å². The van der Waals surface area contributed by atoms with Gasteiger partial charge in [-0.15, -0.1) is 0 Å². The maximum atomic E-state index is 9.71. The Labute approximate surface area is 94.2 Å². The number of ether oxygens (including phenoxy) is 1. The summed E-state index contributed by atoms with van der Waals surface area (Å²) < 4.78 is 5.07. The Morgan fingerprint density at radius 3 is 2.69 bits per heavy atom. The number of fused-ring (bicyclic) bond motifs is 1. The molecule has 0 aliphatic heterocycles. The van der Waals surface area contributed by atoms with Gasteiger partial charge in [0, 0.05) is 5.56 Å². The van der Waals surface area contributed by atoms with Gasteiger partial charge in [0.05, 0.1) is 12.8 Å². The van der Waals surface area contributed by atoms with Crippen molar-refractivity contribution in [1.82, 2.24) is 0 Å². The van der Waals surface area contributed by atoms with E-state index in [1.54, 1.807) is 6.07 Å². The number of hydrogen-bond acceptors (Lipinski definition) is 4. The predicted octanol–water partition coefficient (Wildman–Crippen LogP) is 2.31. The zero-order chi connectivity index (χ0) is 11.5. The first kappa shape index (κ1) is 10.8. The molecule has 2 N–H and O–H groups in total. The van der Waals surface area contributed by atoms with Gasteiger partial charge in [-0.05, 0) is 43.4 Å². The standard InChI is InChI=1S/C12H15NO3/c1-16-12-6-8-4-2-3-5-10(13-15)9(8)7-11(12)14/h6-7,14-15H,2-5H2,1H3/b13-10+. The lowest BCUT2D eigenvalue weighted by molar-refractivity contribution is 0.318. The molecule has 1 aromatic carbocycles. The second kappa shape index (κ2) is 4.43. The van der Waals surface area contributed by atoms with Crippen molar-refractivity contribution >= 4 is 5.71 Å². The Kier molecular flexibility index (Phi) is 2.99. The van der Waals surface area contributed by atoms with Gasteiger partial charge in [-0.25, -0.2) is 0 Å². The first-order valence-electron chi connectivity index (χ1n) is 5.37. The molecule has 0 bridgehead atoms. The molecule has 1 aromatic rings. The number of phenols is 1. The molecule has 0 heterocycles. The summed E-state index contributed by atoms with van der Waals surface area (Å²) in [6.07, 6.45) is 3.72. The lowest BCUT2D eigenvalue weighted by Gasteiger charge is -2.10. The summed E-state index contributed by atoms with van der Waals surface area (Å²) >= 11 is 0. The molecule has 0 aromatic heterocycles. The number of nitrogens with zero attached hydrogens (tertiary/aromatic N) is 1. The lowest BCUT2D eigenvalue weighted by atomic mass is 10.0. The molecule has 0 saturated carbocycles. The summed E-state index contributed by atoms with van der Waals surface area (Å²) in [4.78, 5) is 0. The molecule has 0 radical (unpaired) electrons. The van der Waals surface area contributed by atoms with Gasteiger partial charge in [0.1, 0.15) is 0 Å². The number of aryl methyl sites for hydroxylation is 1. The van der Waals surface area contributed by atoms with Gasteiger partial charge in [0.2, 0.25) is 0 Å². The zero-order valence-electron chi connectivity index (χ0n) is 9.23. The number of rotatable bonds is 1. The number of aromatic hydroxyl groups is 1. The Morgan fingerprint density at radius 2 is 2.00 bits per heavy atom. The summed E-state index contributed by atoms with van der Waals surface area (Å²) in [5, 5.41) is 22.0. The average molecular weight is 221 g/mol. The quantitative estimate of drug-likeness (QED) is 0.434. The van der Waals surface area contributed by atoms with Crippen LogP contribution in [0.5, 0.6) is 11.5 Å². The molecule has 0 saturated heterocycles. The molecular formula is C12H15NO3. The zero-order valence-corrected chi connectivity index (χ0v) is 9.23. The van der Waals surface area contributed by atoms with Crippen LogP contribution in [-0.4, -0.2) is 23.1 Å². The van der Waals surface area contributed by atoms with Crippen molar-refractivity contribution in [3.63, 3.8) is 0 Å². The van der Waals surface area contributed by atoms with Crippen LogP contribution in [0.15, 0.2) is 17.3 Å². The molecule has 2 rings (SSSR count). The van der Waals surface area contributed by atoms with E-state index in [0.717, 1.165) is 36.8 Å². The van der Waals surface area contributed by atoms with E-state index in [9.17, 15) is 5.11 Å². The molecule has 16 heavy (non-hydrogen) atoms. The summed E-state index contributed by atoms with van der Waals surface area (Å²) in [6.45, 7) is 0. The van der Waals surface area contributed by atoms with Gasteiger partial charge in [-0.1, -0.05) is 5.16 Å². The van der Waals surface area contributed by atoms with Crippen LogP contribution in [0.25, 0.3) is 0 Å². The maximum absolute atomic E-state index is 9.71. The first-order valence-corrected chi connectivity index (χ1v) is 5.37. The van der Waals surface area contributed by atoms with Crippen molar-refractivity contribution in [1.29, 1.82) is 0 Å². The number of methoxy groups -OCH3 is 1. The van der Waals surface area contributed by atoms with Crippen LogP contribution in [0.3, 0.4) is 0 Å². The predicted molar refractivity (Wildman–Crippen MR) is 60.5 cm³/mol. The molecule has 1 aliphatic rings. The SMILES string of the molecule is COc1cc2c(cc1O)/C(=N/O)CCCC2. The molecule has 0 spiro atoms. The molecule has 1 aliphatic carbocycles. The third-order valence-corrected chi connectivity index (χ3v) is 2.95. The Morgan fingerprint density at radius 1 is 1.25 bits per heavy atom. The van der Waals surface area contributed by atoms with Crippen LogP contribution < -0.4 is 4.74 Å². The smallest absolute Gasteiger partial charge is 0.160 e. The van der Waals surface area contributed by atoms with Crippen LogP contribution in [0.2, 0.25) is 0 Å². The number of phenolic OH excluding ortho intramolecular Hbond substituents is 1. The van der Waals surface area contributed by atoms with Crippen LogP contribution in [0.4, 0.5) is 0 Å².